The molecule has 0 aromatic heterocycles. The summed E-state index contributed by atoms with van der Waals surface area (Å²) >= 11 is 0. The van der Waals surface area contributed by atoms with Crippen LogP contribution in [0.5, 0.6) is 5.75 Å². The van der Waals surface area contributed by atoms with Crippen molar-refractivity contribution in [3.05, 3.63) is 29.3 Å². The van der Waals surface area contributed by atoms with Gasteiger partial charge in [-0.05, 0) is 51.2 Å². The first kappa shape index (κ1) is 20.4. The summed E-state index contributed by atoms with van der Waals surface area (Å²) in [6, 6.07) is 5.68. The molecule has 2 unspecified atom stereocenters. The van der Waals surface area contributed by atoms with Gasteiger partial charge >= 0.3 is 7.60 Å². The highest BCUT2D eigenvalue weighted by atomic mass is 31.2. The van der Waals surface area contributed by atoms with Crippen molar-refractivity contribution in [1.29, 1.82) is 0 Å². The van der Waals surface area contributed by atoms with Crippen LogP contribution in [0.4, 0.5) is 0 Å². The summed E-state index contributed by atoms with van der Waals surface area (Å²) in [6.07, 6.45) is -0.398. The van der Waals surface area contributed by atoms with Crippen molar-refractivity contribution in [1.82, 2.24) is 0 Å². The van der Waals surface area contributed by atoms with Gasteiger partial charge in [-0.3, -0.25) is 9.09 Å². The number of aryl methyl sites for hydroxylation is 1. The molecule has 0 N–H and O–H groups in total. The van der Waals surface area contributed by atoms with E-state index in [9.17, 15) is 4.57 Å². The van der Waals surface area contributed by atoms with Crippen molar-refractivity contribution in [2.75, 3.05) is 19.9 Å². The summed E-state index contributed by atoms with van der Waals surface area (Å²) in [5.74, 6) is 0.795. The van der Waals surface area contributed by atoms with Gasteiger partial charge in [0.15, 0.2) is 14.6 Å². The monoisotopic (exact) mass is 360 g/mol. The second-order valence-corrected chi connectivity index (χ2v) is 13.0. The van der Waals surface area contributed by atoms with Gasteiger partial charge in [-0.2, -0.15) is 0 Å². The number of hydrogen-bond acceptors (Lipinski definition) is 5. The van der Waals surface area contributed by atoms with Crippen molar-refractivity contribution < 1.29 is 22.8 Å². The highest BCUT2D eigenvalue weighted by Crippen LogP contribution is 2.52. The summed E-state index contributed by atoms with van der Waals surface area (Å²) in [5.41, 5.74) is 1.79. The Bertz CT molecular complexity index is 556. The number of methoxy groups -OCH3 is 1. The molecular formula is C16H29O5PSi. The van der Waals surface area contributed by atoms with Gasteiger partial charge in [-0.15, -0.1) is 0 Å². The van der Waals surface area contributed by atoms with Gasteiger partial charge in [0.1, 0.15) is 5.75 Å². The molecule has 0 heterocycles. The molecule has 0 saturated carbocycles. The highest BCUT2D eigenvalue weighted by molar-refractivity contribution is 7.53. The molecule has 1 rings (SSSR count). The zero-order chi connectivity index (χ0) is 17.7. The molecule has 0 aliphatic rings. The second-order valence-electron chi connectivity index (χ2n) is 6.24. The maximum absolute atomic E-state index is 12.7. The average Bonchev–Trinajstić information content (AvgIpc) is 2.45. The van der Waals surface area contributed by atoms with E-state index in [0.29, 0.717) is 12.8 Å². The van der Waals surface area contributed by atoms with Gasteiger partial charge in [0.2, 0.25) is 0 Å². The van der Waals surface area contributed by atoms with Gasteiger partial charge in [-0.1, -0.05) is 13.0 Å². The van der Waals surface area contributed by atoms with E-state index >= 15 is 0 Å². The fourth-order valence-corrected chi connectivity index (χ4v) is 4.21. The van der Waals surface area contributed by atoms with Gasteiger partial charge < -0.3 is 13.7 Å². The van der Waals surface area contributed by atoms with E-state index in [0.717, 1.165) is 16.9 Å². The fraction of sp³-hybridized carbons (Fsp3) is 0.625. The molecule has 132 valence electrons. The van der Waals surface area contributed by atoms with Crippen molar-refractivity contribution >= 4 is 15.9 Å². The molecular weight excluding hydrogens is 331 g/mol. The lowest BCUT2D eigenvalue weighted by Crippen LogP contribution is -2.29. The molecule has 1 aromatic rings. The summed E-state index contributed by atoms with van der Waals surface area (Å²) < 4.78 is 35.3. The Labute approximate surface area is 141 Å². The van der Waals surface area contributed by atoms with Crippen molar-refractivity contribution in [3.63, 3.8) is 0 Å². The van der Waals surface area contributed by atoms with Crippen LogP contribution in [0, 0.1) is 6.92 Å². The predicted octanol–water partition coefficient (Wildman–Crippen LogP) is 5.12. The van der Waals surface area contributed by atoms with E-state index in [1.54, 1.807) is 21.0 Å². The summed E-state index contributed by atoms with van der Waals surface area (Å²) in [7, 11) is -3.45. The molecule has 5 nitrogen and oxygen atoms in total. The van der Waals surface area contributed by atoms with Crippen molar-refractivity contribution in [2.45, 2.75) is 46.7 Å². The molecule has 0 bridgehead atoms. The van der Waals surface area contributed by atoms with Gasteiger partial charge in [0.25, 0.3) is 0 Å². The molecule has 0 aliphatic carbocycles. The van der Waals surface area contributed by atoms with Gasteiger partial charge in [0.05, 0.1) is 13.7 Å². The topological polar surface area (TPSA) is 54.0 Å². The molecule has 0 spiro atoms. The normalized spacial score (nSPS) is 16.0. The molecule has 0 saturated heterocycles. The maximum Gasteiger partial charge on any atom is 0.332 e. The first-order valence-electron chi connectivity index (χ1n) is 7.88. The van der Waals surface area contributed by atoms with Crippen LogP contribution in [0.15, 0.2) is 18.2 Å². The summed E-state index contributed by atoms with van der Waals surface area (Å²) in [4.78, 5) is 0. The first-order valence-corrected chi connectivity index (χ1v) is 13.0. The first-order chi connectivity index (χ1) is 10.6. The summed E-state index contributed by atoms with van der Waals surface area (Å²) in [5, 5.41) is 0. The quantitative estimate of drug-likeness (QED) is 0.347. The number of hydrogen-bond donors (Lipinski definition) is 0. The Morgan fingerprint density at radius 2 is 1.87 bits per heavy atom. The number of rotatable bonds is 9. The predicted molar refractivity (Wildman–Crippen MR) is 95.8 cm³/mol. The number of ether oxygens (including phenoxy) is 1. The molecule has 0 amide bonds. The van der Waals surface area contributed by atoms with Crippen molar-refractivity contribution in [2.24, 2.45) is 0 Å². The zero-order valence-corrected chi connectivity index (χ0v) is 17.1. The fourth-order valence-electron chi connectivity index (χ4n) is 2.06. The SMILES string of the molecule is CCOP(=O)(CC)OC(O[Si](C)(C)C)c1ccc(OC)c(C)c1. The standard InChI is InChI=1S/C16H29O5PSi/c1-8-19-22(17,9-2)20-16(21-23(5,6)7)14-10-11-15(18-4)13(3)12-14/h10-12,16H,8-9H2,1-7H3. The third kappa shape index (κ3) is 6.40. The van der Waals surface area contributed by atoms with Crippen LogP contribution in [0.25, 0.3) is 0 Å². The lowest BCUT2D eigenvalue weighted by Gasteiger charge is -2.29. The van der Waals surface area contributed by atoms with E-state index in [2.05, 4.69) is 19.6 Å². The minimum atomic E-state index is -3.18. The van der Waals surface area contributed by atoms with Crippen molar-refractivity contribution in [3.8, 4) is 5.75 Å². The number of benzene rings is 1. The Morgan fingerprint density at radius 1 is 1.22 bits per heavy atom. The lowest BCUT2D eigenvalue weighted by atomic mass is 10.1. The van der Waals surface area contributed by atoms with Crippen LogP contribution in [0.1, 0.15) is 31.3 Å². The van der Waals surface area contributed by atoms with Gasteiger partial charge in [-0.25, -0.2) is 0 Å². The highest BCUT2D eigenvalue weighted by Gasteiger charge is 2.31. The molecule has 1 aromatic carbocycles. The van der Waals surface area contributed by atoms with Crippen LogP contribution < -0.4 is 4.74 Å². The zero-order valence-electron chi connectivity index (χ0n) is 15.2. The van der Waals surface area contributed by atoms with Crippen LogP contribution in [-0.4, -0.2) is 28.2 Å². The third-order valence-corrected chi connectivity index (χ3v) is 5.98. The van der Waals surface area contributed by atoms with E-state index in [1.165, 1.54) is 0 Å². The van der Waals surface area contributed by atoms with E-state index in [-0.39, 0.29) is 0 Å². The Morgan fingerprint density at radius 3 is 2.30 bits per heavy atom. The summed E-state index contributed by atoms with van der Waals surface area (Å²) in [6.45, 7) is 12.1. The molecule has 23 heavy (non-hydrogen) atoms. The Kier molecular flexibility index (Phi) is 7.49. The van der Waals surface area contributed by atoms with E-state index in [4.69, 9.17) is 18.2 Å². The average molecular weight is 360 g/mol. The van der Waals surface area contributed by atoms with Crippen LogP contribution >= 0.6 is 7.60 Å². The molecule has 0 radical (unpaired) electrons. The van der Waals surface area contributed by atoms with E-state index < -0.39 is 22.2 Å². The van der Waals surface area contributed by atoms with Crippen LogP contribution in [0.3, 0.4) is 0 Å². The third-order valence-electron chi connectivity index (χ3n) is 3.12. The van der Waals surface area contributed by atoms with E-state index in [1.807, 2.05) is 25.1 Å². The molecule has 7 heteroatoms. The lowest BCUT2D eigenvalue weighted by molar-refractivity contribution is -0.0149. The second kappa shape index (κ2) is 8.45. The minimum Gasteiger partial charge on any atom is -0.496 e. The smallest absolute Gasteiger partial charge is 0.332 e. The minimum absolute atomic E-state index is 0.307. The largest absolute Gasteiger partial charge is 0.496 e. The molecule has 2 atom stereocenters. The van der Waals surface area contributed by atoms with Gasteiger partial charge in [0, 0.05) is 11.7 Å². The molecule has 0 fully saturated rings. The Hall–Kier alpha value is -0.653. The Balaban J connectivity index is 3.15. The molecule has 0 aliphatic heterocycles. The van der Waals surface area contributed by atoms with Crippen LogP contribution in [-0.2, 0) is 18.0 Å². The van der Waals surface area contributed by atoms with Crippen LogP contribution in [0.2, 0.25) is 19.6 Å². The maximum atomic E-state index is 12.7.